The van der Waals surface area contributed by atoms with Gasteiger partial charge < -0.3 is 15.5 Å². The van der Waals surface area contributed by atoms with E-state index in [0.29, 0.717) is 12.3 Å². The third kappa shape index (κ3) is 5.31. The maximum atomic E-state index is 10.6. The van der Waals surface area contributed by atoms with Crippen molar-refractivity contribution in [1.29, 1.82) is 0 Å². The van der Waals surface area contributed by atoms with Gasteiger partial charge in [0.15, 0.2) is 0 Å². The summed E-state index contributed by atoms with van der Waals surface area (Å²) in [4.78, 5) is 20.4. The lowest BCUT2D eigenvalue weighted by Crippen LogP contribution is -2.46. The summed E-state index contributed by atoms with van der Waals surface area (Å²) in [5, 5.41) is 31.0. The van der Waals surface area contributed by atoms with E-state index in [2.05, 4.69) is 5.32 Å². The zero-order valence-corrected chi connectivity index (χ0v) is 10.2. The molecule has 0 heterocycles. The number of carbonyl (C=O) groups is 1. The van der Waals surface area contributed by atoms with E-state index in [9.17, 15) is 20.0 Å². The van der Waals surface area contributed by atoms with Crippen molar-refractivity contribution in [2.24, 2.45) is 5.92 Å². The average Bonchev–Trinajstić information content (AvgIpc) is 2.28. The summed E-state index contributed by atoms with van der Waals surface area (Å²) in [5.41, 5.74) is 0. The first-order valence-electron chi connectivity index (χ1n) is 6.28. The second-order valence-corrected chi connectivity index (χ2v) is 4.88. The molecule has 0 aromatic rings. The highest BCUT2D eigenvalue weighted by Gasteiger charge is 2.28. The quantitative estimate of drug-likeness (QED) is 0.491. The Morgan fingerprint density at radius 3 is 2.50 bits per heavy atom. The SMILES string of the molecule is O=C(O)N[C@@H](CC1CCCCC1)[C@@H](O)C[N+](=O)[O-]. The van der Waals surface area contributed by atoms with Crippen molar-refractivity contribution in [3.8, 4) is 0 Å². The van der Waals surface area contributed by atoms with E-state index in [1.165, 1.54) is 6.42 Å². The molecule has 1 aliphatic carbocycles. The number of nitro groups is 1. The van der Waals surface area contributed by atoms with Crippen LogP contribution in [0, 0.1) is 16.0 Å². The predicted octanol–water partition coefficient (Wildman–Crippen LogP) is 1.23. The monoisotopic (exact) mass is 260 g/mol. The Kier molecular flexibility index (Phi) is 5.84. The molecular formula is C11H20N2O5. The summed E-state index contributed by atoms with van der Waals surface area (Å²) < 4.78 is 0. The first-order valence-corrected chi connectivity index (χ1v) is 6.28. The van der Waals surface area contributed by atoms with Crippen LogP contribution in [0.1, 0.15) is 38.5 Å². The molecule has 1 saturated carbocycles. The molecule has 0 radical (unpaired) electrons. The van der Waals surface area contributed by atoms with Crippen LogP contribution in [-0.4, -0.2) is 39.9 Å². The number of nitrogens with one attached hydrogen (secondary N) is 1. The minimum atomic E-state index is -1.27. The minimum Gasteiger partial charge on any atom is -0.465 e. The van der Waals surface area contributed by atoms with Crippen molar-refractivity contribution in [2.75, 3.05) is 6.54 Å². The Morgan fingerprint density at radius 2 is 2.00 bits per heavy atom. The first kappa shape index (κ1) is 14.7. The number of aliphatic hydroxyl groups excluding tert-OH is 1. The first-order chi connectivity index (χ1) is 8.49. The Hall–Kier alpha value is -1.37. The van der Waals surface area contributed by atoms with Crippen LogP contribution in [-0.2, 0) is 0 Å². The molecule has 0 saturated heterocycles. The van der Waals surface area contributed by atoms with Crippen molar-refractivity contribution in [2.45, 2.75) is 50.7 Å². The summed E-state index contributed by atoms with van der Waals surface area (Å²) in [6.45, 7) is -0.627. The molecular weight excluding hydrogens is 240 g/mol. The molecule has 0 aromatic carbocycles. The molecule has 2 atom stereocenters. The van der Waals surface area contributed by atoms with Crippen LogP contribution < -0.4 is 5.32 Å². The molecule has 1 amide bonds. The number of amides is 1. The van der Waals surface area contributed by atoms with Gasteiger partial charge in [0.1, 0.15) is 6.10 Å². The highest BCUT2D eigenvalue weighted by Crippen LogP contribution is 2.28. The number of rotatable bonds is 6. The second-order valence-electron chi connectivity index (χ2n) is 4.88. The summed E-state index contributed by atoms with van der Waals surface area (Å²) in [5.74, 6) is 0.344. The second kappa shape index (κ2) is 7.15. The largest absolute Gasteiger partial charge is 0.465 e. The normalized spacial score (nSPS) is 20.1. The lowest BCUT2D eigenvalue weighted by molar-refractivity contribution is -0.491. The number of hydrogen-bond acceptors (Lipinski definition) is 4. The van der Waals surface area contributed by atoms with Crippen molar-refractivity contribution < 1.29 is 19.9 Å². The molecule has 7 heteroatoms. The van der Waals surface area contributed by atoms with Crippen LogP contribution in [0.4, 0.5) is 4.79 Å². The van der Waals surface area contributed by atoms with E-state index in [1.54, 1.807) is 0 Å². The number of carboxylic acid groups (broad SMARTS) is 1. The molecule has 18 heavy (non-hydrogen) atoms. The highest BCUT2D eigenvalue weighted by molar-refractivity contribution is 5.64. The molecule has 7 nitrogen and oxygen atoms in total. The van der Waals surface area contributed by atoms with Gasteiger partial charge in [0.05, 0.1) is 6.04 Å². The van der Waals surface area contributed by atoms with Crippen LogP contribution in [0.5, 0.6) is 0 Å². The van der Waals surface area contributed by atoms with Gasteiger partial charge >= 0.3 is 6.09 Å². The molecule has 0 aromatic heterocycles. The molecule has 1 aliphatic rings. The van der Waals surface area contributed by atoms with Gasteiger partial charge in [-0.2, -0.15) is 0 Å². The highest BCUT2D eigenvalue weighted by atomic mass is 16.6. The summed E-state index contributed by atoms with van der Waals surface area (Å²) >= 11 is 0. The van der Waals surface area contributed by atoms with E-state index in [4.69, 9.17) is 5.11 Å². The molecule has 1 rings (SSSR count). The lowest BCUT2D eigenvalue weighted by atomic mass is 9.83. The smallest absolute Gasteiger partial charge is 0.404 e. The van der Waals surface area contributed by atoms with E-state index in [1.807, 2.05) is 0 Å². The van der Waals surface area contributed by atoms with Crippen LogP contribution in [0.15, 0.2) is 0 Å². The van der Waals surface area contributed by atoms with E-state index in [-0.39, 0.29) is 0 Å². The number of hydrogen-bond donors (Lipinski definition) is 3. The van der Waals surface area contributed by atoms with Crippen molar-refractivity contribution in [1.82, 2.24) is 5.32 Å². The predicted molar refractivity (Wildman–Crippen MR) is 64.0 cm³/mol. The topological polar surface area (TPSA) is 113 Å². The Labute approximate surface area is 105 Å². The van der Waals surface area contributed by atoms with Crippen LogP contribution in [0.25, 0.3) is 0 Å². The van der Waals surface area contributed by atoms with Gasteiger partial charge in [0.25, 0.3) is 0 Å². The van der Waals surface area contributed by atoms with Crippen LogP contribution >= 0.6 is 0 Å². The minimum absolute atomic E-state index is 0.344. The standard InChI is InChI=1S/C11H20N2O5/c14-10(7-13(17)18)9(12-11(15)16)6-8-4-2-1-3-5-8/h8-10,12,14H,1-7H2,(H,15,16)/t9-,10-/m0/s1. The Bertz CT molecular complexity index is 291. The van der Waals surface area contributed by atoms with E-state index >= 15 is 0 Å². The van der Waals surface area contributed by atoms with Gasteiger partial charge in [-0.1, -0.05) is 32.1 Å². The summed E-state index contributed by atoms with van der Waals surface area (Å²) in [6, 6.07) is -0.754. The van der Waals surface area contributed by atoms with Gasteiger partial charge in [-0.05, 0) is 12.3 Å². The molecule has 0 unspecified atom stereocenters. The summed E-state index contributed by atoms with van der Waals surface area (Å²) in [7, 11) is 0. The molecule has 1 fully saturated rings. The zero-order valence-electron chi connectivity index (χ0n) is 10.2. The van der Waals surface area contributed by atoms with Gasteiger partial charge in [0.2, 0.25) is 6.54 Å². The fraction of sp³-hybridized carbons (Fsp3) is 0.909. The molecule has 104 valence electrons. The van der Waals surface area contributed by atoms with Crippen molar-refractivity contribution in [3.05, 3.63) is 10.1 Å². The lowest BCUT2D eigenvalue weighted by Gasteiger charge is -2.28. The Balaban J connectivity index is 2.52. The van der Waals surface area contributed by atoms with E-state index < -0.39 is 29.7 Å². The maximum absolute atomic E-state index is 10.6. The van der Waals surface area contributed by atoms with Crippen LogP contribution in [0.3, 0.4) is 0 Å². The fourth-order valence-corrected chi connectivity index (χ4v) is 2.53. The molecule has 0 bridgehead atoms. The van der Waals surface area contributed by atoms with Crippen molar-refractivity contribution in [3.63, 3.8) is 0 Å². The van der Waals surface area contributed by atoms with Gasteiger partial charge in [-0.3, -0.25) is 10.1 Å². The third-order valence-corrected chi connectivity index (χ3v) is 3.42. The molecule has 0 aliphatic heterocycles. The molecule has 0 spiro atoms. The van der Waals surface area contributed by atoms with E-state index in [0.717, 1.165) is 25.7 Å². The summed E-state index contributed by atoms with van der Waals surface area (Å²) in [6.07, 6.45) is 3.36. The molecule has 3 N–H and O–H groups in total. The third-order valence-electron chi connectivity index (χ3n) is 3.42. The average molecular weight is 260 g/mol. The van der Waals surface area contributed by atoms with Gasteiger partial charge in [-0.15, -0.1) is 0 Å². The zero-order chi connectivity index (χ0) is 13.5. The Morgan fingerprint density at radius 1 is 1.39 bits per heavy atom. The van der Waals surface area contributed by atoms with Crippen LogP contribution in [0.2, 0.25) is 0 Å². The van der Waals surface area contributed by atoms with Crippen molar-refractivity contribution >= 4 is 6.09 Å². The maximum Gasteiger partial charge on any atom is 0.404 e. The van der Waals surface area contributed by atoms with Gasteiger partial charge in [0, 0.05) is 4.92 Å². The number of nitrogens with zero attached hydrogens (tertiary/aromatic N) is 1. The van der Waals surface area contributed by atoms with Gasteiger partial charge in [-0.25, -0.2) is 4.79 Å². The number of aliphatic hydroxyl groups is 1. The fourth-order valence-electron chi connectivity index (χ4n) is 2.53.